The molecule has 0 bridgehead atoms. The molecule has 1 nitrogen and oxygen atoms in total. The van der Waals surface area contributed by atoms with E-state index in [4.69, 9.17) is 5.73 Å². The van der Waals surface area contributed by atoms with Crippen molar-refractivity contribution in [1.82, 2.24) is 0 Å². The first-order chi connectivity index (χ1) is 4.22. The molecule has 1 unspecified atom stereocenters. The molecule has 1 atom stereocenters. The van der Waals surface area contributed by atoms with Crippen LogP contribution in [0.5, 0.6) is 0 Å². The van der Waals surface area contributed by atoms with Gasteiger partial charge < -0.3 is 5.73 Å². The van der Waals surface area contributed by atoms with Gasteiger partial charge in [-0.25, -0.2) is 0 Å². The van der Waals surface area contributed by atoms with E-state index >= 15 is 0 Å². The van der Waals surface area contributed by atoms with Crippen LogP contribution in [0.15, 0.2) is 11.4 Å². The molecule has 0 amide bonds. The summed E-state index contributed by atoms with van der Waals surface area (Å²) in [6.07, 6.45) is 0. The van der Waals surface area contributed by atoms with Crippen LogP contribution in [0.1, 0.15) is 18.5 Å². The SMILES string of the molecule is CC(N)c1ccsc1F. The number of hydrogen-bond acceptors (Lipinski definition) is 2. The molecule has 1 aromatic heterocycles. The summed E-state index contributed by atoms with van der Waals surface area (Å²) in [5.41, 5.74) is 6.04. The Morgan fingerprint density at radius 2 is 2.44 bits per heavy atom. The Morgan fingerprint density at radius 1 is 1.78 bits per heavy atom. The zero-order chi connectivity index (χ0) is 6.85. The standard InChI is InChI=1S/C6H8FNS/c1-4(8)5-2-3-9-6(5)7/h2-4H,8H2,1H3. The van der Waals surface area contributed by atoms with Crippen molar-refractivity contribution in [3.05, 3.63) is 22.1 Å². The van der Waals surface area contributed by atoms with Crippen LogP contribution in [-0.4, -0.2) is 0 Å². The lowest BCUT2D eigenvalue weighted by molar-refractivity contribution is 0.622. The summed E-state index contributed by atoms with van der Waals surface area (Å²) in [7, 11) is 0. The van der Waals surface area contributed by atoms with E-state index in [0.717, 1.165) is 11.3 Å². The number of rotatable bonds is 1. The fraction of sp³-hybridized carbons (Fsp3) is 0.333. The largest absolute Gasteiger partial charge is 0.324 e. The third kappa shape index (κ3) is 1.28. The predicted octanol–water partition coefficient (Wildman–Crippen LogP) is 1.91. The lowest BCUT2D eigenvalue weighted by Gasteiger charge is -1.98. The minimum Gasteiger partial charge on any atom is -0.324 e. The monoisotopic (exact) mass is 145 g/mol. The van der Waals surface area contributed by atoms with Crippen LogP contribution in [0.2, 0.25) is 0 Å². The molecule has 0 aliphatic carbocycles. The van der Waals surface area contributed by atoms with E-state index in [1.165, 1.54) is 0 Å². The zero-order valence-corrected chi connectivity index (χ0v) is 5.91. The summed E-state index contributed by atoms with van der Waals surface area (Å²) in [6.45, 7) is 1.77. The van der Waals surface area contributed by atoms with Crippen molar-refractivity contribution >= 4 is 11.3 Å². The van der Waals surface area contributed by atoms with Crippen LogP contribution < -0.4 is 5.73 Å². The second kappa shape index (κ2) is 2.45. The Balaban J connectivity index is 2.94. The van der Waals surface area contributed by atoms with Gasteiger partial charge in [-0.1, -0.05) is 0 Å². The molecule has 0 aromatic carbocycles. The molecule has 0 fully saturated rings. The molecule has 0 saturated heterocycles. The number of thiophene rings is 1. The molecule has 2 N–H and O–H groups in total. The summed E-state index contributed by atoms with van der Waals surface area (Å²) in [5, 5.41) is 1.54. The smallest absolute Gasteiger partial charge is 0.181 e. The van der Waals surface area contributed by atoms with Crippen LogP contribution in [0.25, 0.3) is 0 Å². The third-order valence-corrected chi connectivity index (χ3v) is 1.85. The minimum absolute atomic E-state index is 0.162. The van der Waals surface area contributed by atoms with Gasteiger partial charge in [0.2, 0.25) is 0 Å². The molecule has 3 heteroatoms. The van der Waals surface area contributed by atoms with E-state index in [2.05, 4.69) is 0 Å². The molecule has 0 spiro atoms. The van der Waals surface area contributed by atoms with E-state index < -0.39 is 0 Å². The highest BCUT2D eigenvalue weighted by atomic mass is 32.1. The fourth-order valence-electron chi connectivity index (χ4n) is 0.631. The van der Waals surface area contributed by atoms with Crippen molar-refractivity contribution in [2.45, 2.75) is 13.0 Å². The summed E-state index contributed by atoms with van der Waals surface area (Å²) in [6, 6.07) is 1.53. The van der Waals surface area contributed by atoms with Gasteiger partial charge in [0, 0.05) is 11.6 Å². The molecule has 0 aliphatic heterocycles. The van der Waals surface area contributed by atoms with Gasteiger partial charge in [-0.3, -0.25) is 0 Å². The molecule has 50 valence electrons. The molecular formula is C6H8FNS. The Kier molecular flexibility index (Phi) is 1.83. The van der Waals surface area contributed by atoms with Gasteiger partial charge in [-0.2, -0.15) is 4.39 Å². The highest BCUT2D eigenvalue weighted by Gasteiger charge is 2.05. The van der Waals surface area contributed by atoms with Crippen molar-refractivity contribution in [2.24, 2.45) is 5.73 Å². The number of nitrogens with two attached hydrogens (primary N) is 1. The number of hydrogen-bond donors (Lipinski definition) is 1. The highest BCUT2D eigenvalue weighted by molar-refractivity contribution is 7.08. The average molecular weight is 145 g/mol. The van der Waals surface area contributed by atoms with Crippen LogP contribution in [-0.2, 0) is 0 Å². The molecule has 9 heavy (non-hydrogen) atoms. The van der Waals surface area contributed by atoms with Gasteiger partial charge >= 0.3 is 0 Å². The van der Waals surface area contributed by atoms with Gasteiger partial charge in [0.25, 0.3) is 0 Å². The van der Waals surface area contributed by atoms with Crippen LogP contribution in [0, 0.1) is 5.13 Å². The summed E-state index contributed by atoms with van der Waals surface area (Å²) in [4.78, 5) is 0. The molecule has 0 radical (unpaired) electrons. The Labute approximate surface area is 57.3 Å². The molecule has 0 saturated carbocycles. The molecule has 1 rings (SSSR count). The van der Waals surface area contributed by atoms with Crippen molar-refractivity contribution in [3.63, 3.8) is 0 Å². The Morgan fingerprint density at radius 3 is 2.67 bits per heavy atom. The molecule has 1 aromatic rings. The van der Waals surface area contributed by atoms with Crippen LogP contribution in [0.3, 0.4) is 0 Å². The maximum atomic E-state index is 12.5. The maximum absolute atomic E-state index is 12.5. The second-order valence-electron chi connectivity index (χ2n) is 1.94. The Hall–Kier alpha value is -0.410. The van der Waals surface area contributed by atoms with E-state index in [0.29, 0.717) is 5.56 Å². The second-order valence-corrected chi connectivity index (χ2v) is 2.80. The van der Waals surface area contributed by atoms with Crippen molar-refractivity contribution in [1.29, 1.82) is 0 Å². The minimum atomic E-state index is -0.184. The lowest BCUT2D eigenvalue weighted by Crippen LogP contribution is -2.04. The molecule has 0 aliphatic rings. The quantitative estimate of drug-likeness (QED) is 0.641. The molecular weight excluding hydrogens is 137 g/mol. The topological polar surface area (TPSA) is 26.0 Å². The van der Waals surface area contributed by atoms with Crippen molar-refractivity contribution in [3.8, 4) is 0 Å². The Bertz CT molecular complexity index is 195. The van der Waals surface area contributed by atoms with Crippen molar-refractivity contribution < 1.29 is 4.39 Å². The van der Waals surface area contributed by atoms with Gasteiger partial charge in [0.05, 0.1) is 0 Å². The first-order valence-electron chi connectivity index (χ1n) is 2.70. The normalized spacial score (nSPS) is 13.7. The van der Waals surface area contributed by atoms with E-state index in [-0.39, 0.29) is 11.2 Å². The van der Waals surface area contributed by atoms with Crippen LogP contribution >= 0.6 is 11.3 Å². The molecule has 1 heterocycles. The van der Waals surface area contributed by atoms with Gasteiger partial charge in [-0.15, -0.1) is 11.3 Å². The van der Waals surface area contributed by atoms with Crippen molar-refractivity contribution in [2.75, 3.05) is 0 Å². The van der Waals surface area contributed by atoms with Gasteiger partial charge in [-0.05, 0) is 18.4 Å². The van der Waals surface area contributed by atoms with Crippen LogP contribution in [0.4, 0.5) is 4.39 Å². The van der Waals surface area contributed by atoms with E-state index in [1.54, 1.807) is 18.4 Å². The fourth-order valence-corrected chi connectivity index (χ4v) is 1.36. The van der Waals surface area contributed by atoms with E-state index in [1.807, 2.05) is 0 Å². The first kappa shape index (κ1) is 6.71. The number of halogens is 1. The highest BCUT2D eigenvalue weighted by Crippen LogP contribution is 2.18. The summed E-state index contributed by atoms with van der Waals surface area (Å²) in [5.74, 6) is 0. The maximum Gasteiger partial charge on any atom is 0.181 e. The van der Waals surface area contributed by atoms with Gasteiger partial charge in [0.15, 0.2) is 5.13 Å². The van der Waals surface area contributed by atoms with E-state index in [9.17, 15) is 4.39 Å². The van der Waals surface area contributed by atoms with Gasteiger partial charge in [0.1, 0.15) is 0 Å². The first-order valence-corrected chi connectivity index (χ1v) is 3.58. The lowest BCUT2D eigenvalue weighted by atomic mass is 10.2. The third-order valence-electron chi connectivity index (χ3n) is 1.14. The zero-order valence-electron chi connectivity index (χ0n) is 5.10. The summed E-state index contributed by atoms with van der Waals surface area (Å²) >= 11 is 1.09. The average Bonchev–Trinajstić information content (AvgIpc) is 2.13. The predicted molar refractivity (Wildman–Crippen MR) is 36.9 cm³/mol. The summed E-state index contributed by atoms with van der Waals surface area (Å²) < 4.78 is 12.5.